The van der Waals surface area contributed by atoms with Gasteiger partial charge in [0.05, 0.1) is 30.7 Å². The van der Waals surface area contributed by atoms with Crippen LogP contribution < -0.4 is 0 Å². The fourth-order valence-corrected chi connectivity index (χ4v) is 2.65. The molecule has 3 rings (SSSR count). The minimum Gasteiger partial charge on any atom is -0.480 e. The van der Waals surface area contributed by atoms with Crippen LogP contribution in [0.15, 0.2) is 41.1 Å². The monoisotopic (exact) mass is 379 g/mol. The van der Waals surface area contributed by atoms with Crippen molar-refractivity contribution >= 4 is 27.8 Å². The van der Waals surface area contributed by atoms with Crippen molar-refractivity contribution in [2.24, 2.45) is 0 Å². The van der Waals surface area contributed by atoms with E-state index in [2.05, 4.69) is 21.0 Å². The first-order valence-corrected chi connectivity index (χ1v) is 7.77. The van der Waals surface area contributed by atoms with Gasteiger partial charge in [-0.3, -0.25) is 4.79 Å². The molecule has 1 aromatic heterocycles. The highest BCUT2D eigenvalue weighted by Crippen LogP contribution is 2.16. The van der Waals surface area contributed by atoms with Crippen molar-refractivity contribution in [1.29, 1.82) is 0 Å². The predicted molar refractivity (Wildman–Crippen MR) is 84.5 cm³/mol. The molecule has 0 bridgehead atoms. The van der Waals surface area contributed by atoms with Gasteiger partial charge in [-0.1, -0.05) is 15.9 Å². The summed E-state index contributed by atoms with van der Waals surface area (Å²) in [5, 5.41) is 13.4. The van der Waals surface area contributed by atoms with Gasteiger partial charge in [0.1, 0.15) is 0 Å². The molecule has 1 aromatic carbocycles. The number of morpholine rings is 1. The highest BCUT2D eigenvalue weighted by atomic mass is 79.9. The Morgan fingerprint density at radius 2 is 2.04 bits per heavy atom. The van der Waals surface area contributed by atoms with Crippen molar-refractivity contribution in [3.8, 4) is 5.69 Å². The average Bonchev–Trinajstić information content (AvgIpc) is 3.04. The van der Waals surface area contributed by atoms with Crippen LogP contribution in [0.4, 0.5) is 0 Å². The first-order valence-electron chi connectivity index (χ1n) is 6.98. The molecule has 1 aliphatic rings. The second-order valence-electron chi connectivity index (χ2n) is 5.08. The van der Waals surface area contributed by atoms with E-state index in [4.69, 9.17) is 4.74 Å². The average molecular weight is 380 g/mol. The van der Waals surface area contributed by atoms with Crippen LogP contribution in [-0.2, 0) is 9.53 Å². The SMILES string of the molecule is O=C(O)C1COCCN1C(=O)c1cnn(-c2ccc(Br)cc2)c1. The smallest absolute Gasteiger partial charge is 0.328 e. The summed E-state index contributed by atoms with van der Waals surface area (Å²) in [7, 11) is 0. The molecule has 2 aromatic rings. The van der Waals surface area contributed by atoms with Crippen molar-refractivity contribution in [3.05, 3.63) is 46.7 Å². The van der Waals surface area contributed by atoms with Gasteiger partial charge in [0.25, 0.3) is 5.91 Å². The first-order chi connectivity index (χ1) is 11.1. The number of carboxylic acid groups (broad SMARTS) is 1. The number of amides is 1. The molecular weight excluding hydrogens is 366 g/mol. The molecule has 1 unspecified atom stereocenters. The summed E-state index contributed by atoms with van der Waals surface area (Å²) < 4.78 is 7.67. The topological polar surface area (TPSA) is 84.7 Å². The number of halogens is 1. The highest BCUT2D eigenvalue weighted by molar-refractivity contribution is 9.10. The number of aromatic nitrogens is 2. The lowest BCUT2D eigenvalue weighted by Gasteiger charge is -2.32. The quantitative estimate of drug-likeness (QED) is 0.874. The van der Waals surface area contributed by atoms with Crippen LogP contribution in [0.3, 0.4) is 0 Å². The van der Waals surface area contributed by atoms with Crippen LogP contribution >= 0.6 is 15.9 Å². The number of hydrogen-bond donors (Lipinski definition) is 1. The Labute approximate surface area is 140 Å². The van der Waals surface area contributed by atoms with E-state index in [-0.39, 0.29) is 19.1 Å². The largest absolute Gasteiger partial charge is 0.480 e. The fourth-order valence-electron chi connectivity index (χ4n) is 2.39. The molecule has 8 heteroatoms. The molecule has 1 aliphatic heterocycles. The zero-order valence-corrected chi connectivity index (χ0v) is 13.6. The van der Waals surface area contributed by atoms with E-state index in [9.17, 15) is 14.7 Å². The third kappa shape index (κ3) is 3.27. The molecule has 120 valence electrons. The minimum atomic E-state index is -1.07. The Kier molecular flexibility index (Phi) is 4.44. The summed E-state index contributed by atoms with van der Waals surface area (Å²) in [6.07, 6.45) is 3.04. The fraction of sp³-hybridized carbons (Fsp3) is 0.267. The van der Waals surface area contributed by atoms with E-state index in [1.54, 1.807) is 10.9 Å². The number of ether oxygens (including phenoxy) is 1. The third-order valence-corrected chi connectivity index (χ3v) is 4.12. The second kappa shape index (κ2) is 6.51. The summed E-state index contributed by atoms with van der Waals surface area (Å²) in [5.74, 6) is -1.43. The lowest BCUT2D eigenvalue weighted by molar-refractivity contribution is -0.147. The van der Waals surface area contributed by atoms with Crippen molar-refractivity contribution in [1.82, 2.24) is 14.7 Å². The van der Waals surface area contributed by atoms with Gasteiger partial charge in [0.2, 0.25) is 0 Å². The zero-order chi connectivity index (χ0) is 16.4. The summed E-state index contributed by atoms with van der Waals surface area (Å²) in [6, 6.07) is 6.51. The molecule has 1 fully saturated rings. The Balaban J connectivity index is 1.83. The van der Waals surface area contributed by atoms with Crippen LogP contribution in [0.1, 0.15) is 10.4 Å². The molecule has 1 amide bonds. The number of benzene rings is 1. The van der Waals surface area contributed by atoms with Gasteiger partial charge < -0.3 is 14.7 Å². The van der Waals surface area contributed by atoms with E-state index in [0.717, 1.165) is 10.2 Å². The maximum atomic E-state index is 12.6. The lowest BCUT2D eigenvalue weighted by atomic mass is 10.2. The predicted octanol–water partition coefficient (Wildman–Crippen LogP) is 1.56. The Morgan fingerprint density at radius 3 is 2.74 bits per heavy atom. The van der Waals surface area contributed by atoms with Crippen molar-refractivity contribution in [3.63, 3.8) is 0 Å². The normalized spacial score (nSPS) is 18.0. The van der Waals surface area contributed by atoms with Gasteiger partial charge in [-0.05, 0) is 24.3 Å². The standard InChI is InChI=1S/C15H14BrN3O4/c16-11-1-3-12(4-2-11)19-8-10(7-17-19)14(20)18-5-6-23-9-13(18)15(21)22/h1-4,7-8,13H,5-6,9H2,(H,21,22). The minimum absolute atomic E-state index is 0.00191. The van der Waals surface area contributed by atoms with E-state index in [1.807, 2.05) is 24.3 Å². The number of nitrogens with zero attached hydrogens (tertiary/aromatic N) is 3. The molecule has 2 heterocycles. The highest BCUT2D eigenvalue weighted by Gasteiger charge is 2.33. The summed E-state index contributed by atoms with van der Waals surface area (Å²) >= 11 is 3.36. The number of carboxylic acids is 1. The number of carbonyl (C=O) groups is 2. The Morgan fingerprint density at radius 1 is 1.30 bits per heavy atom. The molecule has 0 radical (unpaired) electrons. The molecule has 23 heavy (non-hydrogen) atoms. The van der Waals surface area contributed by atoms with E-state index < -0.39 is 12.0 Å². The van der Waals surface area contributed by atoms with Crippen LogP contribution in [0.2, 0.25) is 0 Å². The molecule has 1 saturated heterocycles. The van der Waals surface area contributed by atoms with E-state index in [0.29, 0.717) is 12.2 Å². The number of aliphatic carboxylic acids is 1. The van der Waals surface area contributed by atoms with Gasteiger partial charge in [-0.15, -0.1) is 0 Å². The van der Waals surface area contributed by atoms with Crippen LogP contribution in [0, 0.1) is 0 Å². The summed E-state index contributed by atoms with van der Waals surface area (Å²) in [5.41, 5.74) is 1.16. The molecule has 7 nitrogen and oxygen atoms in total. The van der Waals surface area contributed by atoms with Gasteiger partial charge in [0, 0.05) is 17.2 Å². The Hall–Kier alpha value is -2.19. The van der Waals surface area contributed by atoms with Crippen molar-refractivity contribution in [2.75, 3.05) is 19.8 Å². The maximum Gasteiger partial charge on any atom is 0.328 e. The number of carbonyl (C=O) groups excluding carboxylic acids is 1. The Bertz CT molecular complexity index is 729. The number of hydrogen-bond acceptors (Lipinski definition) is 4. The van der Waals surface area contributed by atoms with Gasteiger partial charge in [-0.2, -0.15) is 5.10 Å². The lowest BCUT2D eigenvalue weighted by Crippen LogP contribution is -2.52. The van der Waals surface area contributed by atoms with Crippen molar-refractivity contribution in [2.45, 2.75) is 6.04 Å². The van der Waals surface area contributed by atoms with Crippen LogP contribution in [0.5, 0.6) is 0 Å². The summed E-state index contributed by atoms with van der Waals surface area (Å²) in [4.78, 5) is 25.1. The molecule has 0 aliphatic carbocycles. The summed E-state index contributed by atoms with van der Waals surface area (Å²) in [6.45, 7) is 0.581. The van der Waals surface area contributed by atoms with Crippen LogP contribution in [0.25, 0.3) is 5.69 Å². The molecule has 0 saturated carbocycles. The van der Waals surface area contributed by atoms with Crippen molar-refractivity contribution < 1.29 is 19.4 Å². The molecule has 0 spiro atoms. The maximum absolute atomic E-state index is 12.6. The van der Waals surface area contributed by atoms with Gasteiger partial charge in [-0.25, -0.2) is 9.48 Å². The molecule has 1 atom stereocenters. The van der Waals surface area contributed by atoms with E-state index in [1.165, 1.54) is 11.1 Å². The molecular formula is C15H14BrN3O4. The van der Waals surface area contributed by atoms with E-state index >= 15 is 0 Å². The third-order valence-electron chi connectivity index (χ3n) is 3.60. The second-order valence-corrected chi connectivity index (χ2v) is 5.99. The van der Waals surface area contributed by atoms with Crippen LogP contribution in [-0.4, -0.2) is 57.5 Å². The first kappa shape index (κ1) is 15.7. The molecule has 1 N–H and O–H groups in total. The number of rotatable bonds is 3. The zero-order valence-electron chi connectivity index (χ0n) is 12.1. The van der Waals surface area contributed by atoms with Gasteiger partial charge in [0.15, 0.2) is 6.04 Å². The van der Waals surface area contributed by atoms with Gasteiger partial charge >= 0.3 is 5.97 Å².